The van der Waals surface area contributed by atoms with Crippen molar-refractivity contribution in [1.82, 2.24) is 0 Å². The first kappa shape index (κ1) is 12.0. The van der Waals surface area contributed by atoms with Crippen molar-refractivity contribution in [2.24, 2.45) is 10.9 Å². The molecule has 1 atom stereocenters. The molecule has 0 saturated heterocycles. The second-order valence-corrected chi connectivity index (χ2v) is 4.70. The van der Waals surface area contributed by atoms with Crippen LogP contribution in [0.1, 0.15) is 25.0 Å². The molecule has 17 heavy (non-hydrogen) atoms. The summed E-state index contributed by atoms with van der Waals surface area (Å²) in [6, 6.07) is 4.43. The number of nitrogens with zero attached hydrogens (tertiary/aromatic N) is 1. The summed E-state index contributed by atoms with van der Waals surface area (Å²) in [5.74, 6) is 2.12. The van der Waals surface area contributed by atoms with E-state index in [0.29, 0.717) is 12.0 Å². The monoisotopic (exact) mass is 233 g/mol. The zero-order valence-corrected chi connectivity index (χ0v) is 10.9. The summed E-state index contributed by atoms with van der Waals surface area (Å²) >= 11 is 0. The van der Waals surface area contributed by atoms with Gasteiger partial charge in [-0.25, -0.2) is 0 Å². The lowest BCUT2D eigenvalue weighted by molar-refractivity contribution is 0.354. The van der Waals surface area contributed by atoms with E-state index in [4.69, 9.17) is 9.47 Å². The lowest BCUT2D eigenvalue weighted by Gasteiger charge is -2.23. The zero-order chi connectivity index (χ0) is 12.4. The highest BCUT2D eigenvalue weighted by atomic mass is 16.5. The average Bonchev–Trinajstić information content (AvgIpc) is 2.36. The second-order valence-electron chi connectivity index (χ2n) is 4.70. The molecule has 2 rings (SSSR count). The van der Waals surface area contributed by atoms with Gasteiger partial charge in [0, 0.05) is 6.21 Å². The average molecular weight is 233 g/mol. The van der Waals surface area contributed by atoms with Crippen molar-refractivity contribution in [1.29, 1.82) is 0 Å². The molecular weight excluding hydrogens is 214 g/mol. The van der Waals surface area contributed by atoms with Crippen LogP contribution < -0.4 is 9.47 Å². The van der Waals surface area contributed by atoms with E-state index in [0.717, 1.165) is 23.5 Å². The Balaban J connectivity index is 2.38. The van der Waals surface area contributed by atoms with Crippen LogP contribution >= 0.6 is 0 Å². The third-order valence-electron chi connectivity index (χ3n) is 3.25. The zero-order valence-electron chi connectivity index (χ0n) is 10.9. The summed E-state index contributed by atoms with van der Waals surface area (Å²) in [4.78, 5) is 4.58. The van der Waals surface area contributed by atoms with Crippen molar-refractivity contribution in [3.63, 3.8) is 0 Å². The summed E-state index contributed by atoms with van der Waals surface area (Å²) in [5, 5.41) is 0. The van der Waals surface area contributed by atoms with Crippen LogP contribution in [-0.2, 0) is 6.42 Å². The van der Waals surface area contributed by atoms with E-state index in [1.54, 1.807) is 14.2 Å². The summed E-state index contributed by atoms with van der Waals surface area (Å²) in [6.07, 6.45) is 2.93. The van der Waals surface area contributed by atoms with E-state index in [-0.39, 0.29) is 0 Å². The van der Waals surface area contributed by atoms with Gasteiger partial charge in [0.15, 0.2) is 11.5 Å². The van der Waals surface area contributed by atoms with Crippen LogP contribution in [0, 0.1) is 5.92 Å². The topological polar surface area (TPSA) is 30.8 Å². The molecule has 1 aromatic rings. The van der Waals surface area contributed by atoms with Crippen LogP contribution in [0.5, 0.6) is 11.5 Å². The SMILES string of the molecule is COc1cc2c(cc1OC)C[C@H](C(C)C)N=C2. The van der Waals surface area contributed by atoms with Crippen LogP contribution in [0.25, 0.3) is 0 Å². The van der Waals surface area contributed by atoms with Gasteiger partial charge in [0.05, 0.1) is 20.3 Å². The fourth-order valence-electron chi connectivity index (χ4n) is 2.10. The molecule has 3 nitrogen and oxygen atoms in total. The molecule has 0 spiro atoms. The highest BCUT2D eigenvalue weighted by Gasteiger charge is 2.20. The largest absolute Gasteiger partial charge is 0.493 e. The van der Waals surface area contributed by atoms with Crippen molar-refractivity contribution in [2.75, 3.05) is 14.2 Å². The van der Waals surface area contributed by atoms with Gasteiger partial charge in [-0.3, -0.25) is 4.99 Å². The highest BCUT2D eigenvalue weighted by molar-refractivity contribution is 5.84. The number of methoxy groups -OCH3 is 2. The Bertz CT molecular complexity index is 438. The maximum atomic E-state index is 5.33. The Morgan fingerprint density at radius 1 is 1.18 bits per heavy atom. The van der Waals surface area contributed by atoms with E-state index in [9.17, 15) is 0 Å². The molecule has 0 unspecified atom stereocenters. The van der Waals surface area contributed by atoms with Gasteiger partial charge in [-0.05, 0) is 35.6 Å². The van der Waals surface area contributed by atoms with Gasteiger partial charge in [-0.1, -0.05) is 13.8 Å². The summed E-state index contributed by atoms with van der Waals surface area (Å²) < 4.78 is 10.6. The van der Waals surface area contributed by atoms with Crippen LogP contribution in [-0.4, -0.2) is 26.5 Å². The first-order valence-corrected chi connectivity index (χ1v) is 5.93. The van der Waals surface area contributed by atoms with Gasteiger partial charge in [0.25, 0.3) is 0 Å². The molecule has 92 valence electrons. The molecule has 0 bridgehead atoms. The quantitative estimate of drug-likeness (QED) is 0.803. The Morgan fingerprint density at radius 2 is 1.82 bits per heavy atom. The van der Waals surface area contributed by atoms with E-state index in [2.05, 4.69) is 24.9 Å². The Kier molecular flexibility index (Phi) is 3.36. The van der Waals surface area contributed by atoms with Crippen molar-refractivity contribution in [3.05, 3.63) is 23.3 Å². The van der Waals surface area contributed by atoms with Crippen LogP contribution in [0.4, 0.5) is 0 Å². The van der Waals surface area contributed by atoms with Gasteiger partial charge in [0.1, 0.15) is 0 Å². The van der Waals surface area contributed by atoms with E-state index >= 15 is 0 Å². The van der Waals surface area contributed by atoms with Gasteiger partial charge >= 0.3 is 0 Å². The molecule has 0 amide bonds. The minimum Gasteiger partial charge on any atom is -0.493 e. The molecule has 1 aromatic carbocycles. The first-order chi connectivity index (χ1) is 8.15. The first-order valence-electron chi connectivity index (χ1n) is 5.93. The number of hydrogen-bond donors (Lipinski definition) is 0. The number of benzene rings is 1. The minimum atomic E-state index is 0.376. The molecule has 0 aromatic heterocycles. The smallest absolute Gasteiger partial charge is 0.161 e. The maximum absolute atomic E-state index is 5.33. The molecule has 1 aliphatic rings. The molecule has 0 saturated carbocycles. The molecule has 1 aliphatic heterocycles. The molecular formula is C14H19NO2. The second kappa shape index (κ2) is 4.78. The predicted molar refractivity (Wildman–Crippen MR) is 69.5 cm³/mol. The number of rotatable bonds is 3. The van der Waals surface area contributed by atoms with Crippen molar-refractivity contribution in [3.8, 4) is 11.5 Å². The van der Waals surface area contributed by atoms with Crippen molar-refractivity contribution >= 4 is 6.21 Å². The highest BCUT2D eigenvalue weighted by Crippen LogP contribution is 2.32. The number of aliphatic imine (C=N–C) groups is 1. The summed E-state index contributed by atoms with van der Waals surface area (Å²) in [6.45, 7) is 4.40. The Labute approximate surface area is 102 Å². The van der Waals surface area contributed by atoms with Gasteiger partial charge in [0.2, 0.25) is 0 Å². The Morgan fingerprint density at radius 3 is 2.41 bits per heavy atom. The summed E-state index contributed by atoms with van der Waals surface area (Å²) in [7, 11) is 3.32. The number of ether oxygens (including phenoxy) is 2. The molecule has 0 radical (unpaired) electrons. The van der Waals surface area contributed by atoms with Gasteiger partial charge < -0.3 is 9.47 Å². The third kappa shape index (κ3) is 2.28. The molecule has 1 heterocycles. The van der Waals surface area contributed by atoms with Crippen LogP contribution in [0.2, 0.25) is 0 Å². The van der Waals surface area contributed by atoms with E-state index in [1.807, 2.05) is 12.3 Å². The lowest BCUT2D eigenvalue weighted by atomic mass is 9.91. The fourth-order valence-corrected chi connectivity index (χ4v) is 2.10. The molecule has 3 heteroatoms. The molecule has 0 N–H and O–H groups in total. The van der Waals surface area contributed by atoms with Gasteiger partial charge in [-0.15, -0.1) is 0 Å². The van der Waals surface area contributed by atoms with E-state index in [1.165, 1.54) is 5.56 Å². The standard InChI is InChI=1S/C14H19NO2/c1-9(2)12-5-10-6-13(16-3)14(17-4)7-11(10)8-15-12/h6-9,12H,5H2,1-4H3/t12-/m1/s1. The Hall–Kier alpha value is -1.51. The molecule has 0 fully saturated rings. The predicted octanol–water partition coefficient (Wildman–Crippen LogP) is 2.70. The van der Waals surface area contributed by atoms with Crippen LogP contribution in [0.15, 0.2) is 17.1 Å². The van der Waals surface area contributed by atoms with Crippen molar-refractivity contribution in [2.45, 2.75) is 26.3 Å². The van der Waals surface area contributed by atoms with E-state index < -0.39 is 0 Å². The maximum Gasteiger partial charge on any atom is 0.161 e. The number of fused-ring (bicyclic) bond motifs is 1. The molecule has 0 aliphatic carbocycles. The normalized spacial score (nSPS) is 18.1. The van der Waals surface area contributed by atoms with Crippen molar-refractivity contribution < 1.29 is 9.47 Å². The fraction of sp³-hybridized carbons (Fsp3) is 0.500. The minimum absolute atomic E-state index is 0.376. The van der Waals surface area contributed by atoms with Crippen LogP contribution in [0.3, 0.4) is 0 Å². The summed E-state index contributed by atoms with van der Waals surface area (Å²) in [5.41, 5.74) is 2.43. The van der Waals surface area contributed by atoms with Gasteiger partial charge in [-0.2, -0.15) is 0 Å². The third-order valence-corrected chi connectivity index (χ3v) is 3.25. The lowest BCUT2D eigenvalue weighted by Crippen LogP contribution is -2.21. The number of hydrogen-bond acceptors (Lipinski definition) is 3.